The van der Waals surface area contributed by atoms with Crippen LogP contribution in [0, 0.1) is 0 Å². The summed E-state index contributed by atoms with van der Waals surface area (Å²) in [5.41, 5.74) is 4.17. The second-order valence-electron chi connectivity index (χ2n) is 4.79. The highest BCUT2D eigenvalue weighted by molar-refractivity contribution is 5.76. The Hall–Kier alpha value is -2.09. The van der Waals surface area contributed by atoms with Gasteiger partial charge in [-0.1, -0.05) is 37.6 Å². The van der Waals surface area contributed by atoms with Gasteiger partial charge in [0.2, 0.25) is 5.89 Å². The molecule has 0 aliphatic carbocycles. The Bertz CT molecular complexity index is 651. The summed E-state index contributed by atoms with van der Waals surface area (Å²) in [5.74, 6) is 0.708. The zero-order chi connectivity index (χ0) is 13.1. The van der Waals surface area contributed by atoms with Gasteiger partial charge < -0.3 is 4.42 Å². The van der Waals surface area contributed by atoms with Crippen LogP contribution < -0.4 is 0 Å². The molecule has 0 spiro atoms. The molecule has 2 heteroatoms. The van der Waals surface area contributed by atoms with Crippen molar-refractivity contribution in [1.29, 1.82) is 0 Å². The average Bonchev–Trinajstić information content (AvgIpc) is 2.89. The summed E-state index contributed by atoms with van der Waals surface area (Å²) in [5, 5.41) is 0. The van der Waals surface area contributed by atoms with Crippen LogP contribution in [-0.2, 0) is 6.42 Å². The topological polar surface area (TPSA) is 26.0 Å². The number of fused-ring (bicyclic) bond motifs is 1. The Kier molecular flexibility index (Phi) is 3.32. The number of oxazole rings is 1. The molecular formula is C17H17NO. The summed E-state index contributed by atoms with van der Waals surface area (Å²) in [6.45, 7) is 2.21. The minimum absolute atomic E-state index is 0.708. The van der Waals surface area contributed by atoms with Crippen molar-refractivity contribution in [3.8, 4) is 11.5 Å². The predicted molar refractivity (Wildman–Crippen MR) is 78.1 cm³/mol. The number of benzene rings is 2. The maximum Gasteiger partial charge on any atom is 0.227 e. The van der Waals surface area contributed by atoms with Crippen LogP contribution in [0.15, 0.2) is 52.9 Å². The smallest absolute Gasteiger partial charge is 0.227 e. The lowest BCUT2D eigenvalue weighted by molar-refractivity contribution is 0.619. The molecule has 3 aromatic rings. The van der Waals surface area contributed by atoms with Crippen LogP contribution in [0.4, 0.5) is 0 Å². The van der Waals surface area contributed by atoms with E-state index in [0.29, 0.717) is 5.89 Å². The molecule has 1 aromatic heterocycles. The molecule has 19 heavy (non-hydrogen) atoms. The molecule has 0 amide bonds. The Morgan fingerprint density at radius 2 is 1.95 bits per heavy atom. The number of unbranched alkanes of at least 4 members (excludes halogenated alkanes) is 1. The van der Waals surface area contributed by atoms with Crippen molar-refractivity contribution in [2.24, 2.45) is 0 Å². The van der Waals surface area contributed by atoms with E-state index in [9.17, 15) is 0 Å². The highest BCUT2D eigenvalue weighted by Gasteiger charge is 2.07. The van der Waals surface area contributed by atoms with Crippen LogP contribution >= 0.6 is 0 Å². The molecule has 1 heterocycles. The third-order valence-corrected chi connectivity index (χ3v) is 3.29. The van der Waals surface area contributed by atoms with Crippen LogP contribution in [0.3, 0.4) is 0 Å². The van der Waals surface area contributed by atoms with Gasteiger partial charge in [-0.3, -0.25) is 0 Å². The first-order valence-corrected chi connectivity index (χ1v) is 6.81. The van der Waals surface area contributed by atoms with Gasteiger partial charge in [-0.15, -0.1) is 0 Å². The average molecular weight is 251 g/mol. The van der Waals surface area contributed by atoms with E-state index >= 15 is 0 Å². The Labute approximate surface area is 113 Å². The molecule has 2 aromatic carbocycles. The summed E-state index contributed by atoms with van der Waals surface area (Å²) in [4.78, 5) is 4.54. The molecule has 0 fully saturated rings. The van der Waals surface area contributed by atoms with Crippen LogP contribution in [0.2, 0.25) is 0 Å². The summed E-state index contributed by atoms with van der Waals surface area (Å²) in [6, 6.07) is 16.4. The van der Waals surface area contributed by atoms with Gasteiger partial charge in [0.25, 0.3) is 0 Å². The molecule has 0 aliphatic rings. The Morgan fingerprint density at radius 1 is 1.05 bits per heavy atom. The second kappa shape index (κ2) is 5.27. The van der Waals surface area contributed by atoms with Crippen molar-refractivity contribution >= 4 is 11.1 Å². The van der Waals surface area contributed by atoms with Crippen molar-refractivity contribution in [2.45, 2.75) is 26.2 Å². The van der Waals surface area contributed by atoms with Crippen LogP contribution in [0.1, 0.15) is 25.3 Å². The molecule has 3 rings (SSSR count). The number of hydrogen-bond acceptors (Lipinski definition) is 2. The first-order valence-electron chi connectivity index (χ1n) is 6.81. The van der Waals surface area contributed by atoms with E-state index in [4.69, 9.17) is 4.42 Å². The van der Waals surface area contributed by atoms with Crippen LogP contribution in [0.5, 0.6) is 0 Å². The molecule has 0 atom stereocenters. The summed E-state index contributed by atoms with van der Waals surface area (Å²) in [7, 11) is 0. The van der Waals surface area contributed by atoms with Gasteiger partial charge in [0.15, 0.2) is 5.58 Å². The maximum absolute atomic E-state index is 5.80. The van der Waals surface area contributed by atoms with E-state index in [0.717, 1.165) is 23.1 Å². The fourth-order valence-electron chi connectivity index (χ4n) is 2.24. The SMILES string of the molecule is CCCCc1cccc(-c2nc3ccccc3o2)c1. The van der Waals surface area contributed by atoms with Gasteiger partial charge in [-0.2, -0.15) is 0 Å². The largest absolute Gasteiger partial charge is 0.436 e. The summed E-state index contributed by atoms with van der Waals surface area (Å²) >= 11 is 0. The molecule has 0 unspecified atom stereocenters. The van der Waals surface area contributed by atoms with Crippen LogP contribution in [-0.4, -0.2) is 4.98 Å². The lowest BCUT2D eigenvalue weighted by Gasteiger charge is -2.01. The summed E-state index contributed by atoms with van der Waals surface area (Å²) in [6.07, 6.45) is 3.55. The van der Waals surface area contributed by atoms with Crippen molar-refractivity contribution in [3.05, 3.63) is 54.1 Å². The first-order chi connectivity index (χ1) is 9.36. The zero-order valence-corrected chi connectivity index (χ0v) is 11.1. The number of hydrogen-bond donors (Lipinski definition) is 0. The molecular weight excluding hydrogens is 234 g/mol. The van der Waals surface area contributed by atoms with Crippen molar-refractivity contribution in [2.75, 3.05) is 0 Å². The van der Waals surface area contributed by atoms with Crippen molar-refractivity contribution in [3.63, 3.8) is 0 Å². The molecule has 0 saturated heterocycles. The normalized spacial score (nSPS) is 11.0. The Balaban J connectivity index is 1.96. The predicted octanol–water partition coefficient (Wildman–Crippen LogP) is 4.84. The monoisotopic (exact) mass is 251 g/mol. The second-order valence-corrected chi connectivity index (χ2v) is 4.79. The molecule has 0 bridgehead atoms. The fraction of sp³-hybridized carbons (Fsp3) is 0.235. The van der Waals surface area contributed by atoms with E-state index in [-0.39, 0.29) is 0 Å². The maximum atomic E-state index is 5.80. The number of nitrogens with zero attached hydrogens (tertiary/aromatic N) is 1. The third kappa shape index (κ3) is 2.53. The van der Waals surface area contributed by atoms with E-state index in [1.807, 2.05) is 24.3 Å². The van der Waals surface area contributed by atoms with Gasteiger partial charge in [-0.05, 0) is 42.7 Å². The van der Waals surface area contributed by atoms with E-state index < -0.39 is 0 Å². The highest BCUT2D eigenvalue weighted by Crippen LogP contribution is 2.25. The standard InChI is InChI=1S/C17H17NO/c1-2-3-7-13-8-6-9-14(12-13)17-18-15-10-4-5-11-16(15)19-17/h4-6,8-12H,2-3,7H2,1H3. The first kappa shape index (κ1) is 12.0. The minimum Gasteiger partial charge on any atom is -0.436 e. The quantitative estimate of drug-likeness (QED) is 0.663. The van der Waals surface area contributed by atoms with Gasteiger partial charge in [0.1, 0.15) is 5.52 Å². The van der Waals surface area contributed by atoms with Crippen LogP contribution in [0.25, 0.3) is 22.6 Å². The lowest BCUT2D eigenvalue weighted by atomic mass is 10.1. The van der Waals surface area contributed by atoms with Gasteiger partial charge in [0.05, 0.1) is 0 Å². The number of para-hydroxylation sites is 2. The van der Waals surface area contributed by atoms with Gasteiger partial charge in [0, 0.05) is 5.56 Å². The van der Waals surface area contributed by atoms with E-state index in [2.05, 4.69) is 36.2 Å². The number of aromatic nitrogens is 1. The Morgan fingerprint density at radius 3 is 2.79 bits per heavy atom. The molecule has 0 radical (unpaired) electrons. The van der Waals surface area contributed by atoms with Crippen molar-refractivity contribution < 1.29 is 4.42 Å². The third-order valence-electron chi connectivity index (χ3n) is 3.29. The highest BCUT2D eigenvalue weighted by atomic mass is 16.3. The molecule has 2 nitrogen and oxygen atoms in total. The van der Waals surface area contributed by atoms with Gasteiger partial charge >= 0.3 is 0 Å². The van der Waals surface area contributed by atoms with Crippen molar-refractivity contribution in [1.82, 2.24) is 4.98 Å². The number of rotatable bonds is 4. The fourth-order valence-corrected chi connectivity index (χ4v) is 2.24. The van der Waals surface area contributed by atoms with E-state index in [1.54, 1.807) is 0 Å². The zero-order valence-electron chi connectivity index (χ0n) is 11.1. The molecule has 96 valence electrons. The minimum atomic E-state index is 0.708. The van der Waals surface area contributed by atoms with E-state index in [1.165, 1.54) is 18.4 Å². The lowest BCUT2D eigenvalue weighted by Crippen LogP contribution is -1.86. The molecule has 0 aliphatic heterocycles. The molecule has 0 saturated carbocycles. The number of aryl methyl sites for hydroxylation is 1. The summed E-state index contributed by atoms with van der Waals surface area (Å²) < 4.78 is 5.80. The van der Waals surface area contributed by atoms with Gasteiger partial charge in [-0.25, -0.2) is 4.98 Å². The molecule has 0 N–H and O–H groups in total.